The molecule has 1 atom stereocenters. The van der Waals surface area contributed by atoms with Crippen molar-refractivity contribution >= 4 is 17.6 Å². The molecule has 10 nitrogen and oxygen atoms in total. The van der Waals surface area contributed by atoms with Crippen molar-refractivity contribution in [3.63, 3.8) is 0 Å². The van der Waals surface area contributed by atoms with E-state index in [9.17, 15) is 9.59 Å². The summed E-state index contributed by atoms with van der Waals surface area (Å²) < 4.78 is 7.29. The summed E-state index contributed by atoms with van der Waals surface area (Å²) in [6.45, 7) is 4.41. The first-order valence-corrected chi connectivity index (χ1v) is 8.84. The highest BCUT2D eigenvalue weighted by molar-refractivity contribution is 5.99. The van der Waals surface area contributed by atoms with Crippen molar-refractivity contribution in [1.29, 1.82) is 0 Å². The molecule has 0 spiro atoms. The smallest absolute Gasteiger partial charge is 0.322 e. The second kappa shape index (κ2) is 6.95. The SMILES string of the molecule is Cc1ccc(C(=O)N2CCOC(c3nnnn3C)C2)cc1N1CCNC1=O. The molecule has 1 aromatic carbocycles. The molecule has 0 radical (unpaired) electrons. The molecule has 0 saturated carbocycles. The number of rotatable bonds is 3. The molecular formula is C17H21N7O3. The van der Waals surface area contributed by atoms with E-state index in [4.69, 9.17) is 4.74 Å². The predicted octanol–water partition coefficient (Wildman–Crippen LogP) is 0.262. The molecule has 2 aliphatic rings. The first kappa shape index (κ1) is 17.4. The first-order valence-electron chi connectivity index (χ1n) is 8.84. The second-order valence-corrected chi connectivity index (χ2v) is 6.66. The van der Waals surface area contributed by atoms with Gasteiger partial charge in [-0.3, -0.25) is 9.69 Å². The number of carbonyl (C=O) groups is 2. The lowest BCUT2D eigenvalue weighted by atomic mass is 10.1. The zero-order valence-corrected chi connectivity index (χ0v) is 15.3. The van der Waals surface area contributed by atoms with Crippen LogP contribution in [0.3, 0.4) is 0 Å². The van der Waals surface area contributed by atoms with E-state index in [-0.39, 0.29) is 18.0 Å². The van der Waals surface area contributed by atoms with Gasteiger partial charge in [0.05, 0.1) is 13.2 Å². The molecule has 2 fully saturated rings. The van der Waals surface area contributed by atoms with Crippen LogP contribution in [0, 0.1) is 6.92 Å². The van der Waals surface area contributed by atoms with Crippen molar-refractivity contribution in [3.05, 3.63) is 35.2 Å². The van der Waals surface area contributed by atoms with Crippen molar-refractivity contribution < 1.29 is 14.3 Å². The van der Waals surface area contributed by atoms with Gasteiger partial charge in [-0.05, 0) is 35.0 Å². The van der Waals surface area contributed by atoms with Gasteiger partial charge in [-0.2, -0.15) is 0 Å². The number of ether oxygens (including phenoxy) is 1. The van der Waals surface area contributed by atoms with Gasteiger partial charge in [0, 0.05) is 37.9 Å². The fourth-order valence-electron chi connectivity index (χ4n) is 3.42. The Balaban J connectivity index is 1.55. The molecule has 0 aliphatic carbocycles. The highest BCUT2D eigenvalue weighted by Crippen LogP contribution is 2.26. The number of tetrazole rings is 1. The molecule has 2 saturated heterocycles. The third kappa shape index (κ3) is 3.23. The standard InChI is InChI=1S/C17H21N7O3/c1-11-3-4-12(9-13(11)24-6-5-18-17(24)26)16(25)23-7-8-27-14(10-23)15-19-20-21-22(15)2/h3-4,9,14H,5-8,10H2,1-2H3,(H,18,26). The van der Waals surface area contributed by atoms with Gasteiger partial charge in [0.25, 0.3) is 5.91 Å². The molecule has 2 aliphatic heterocycles. The van der Waals surface area contributed by atoms with Gasteiger partial charge in [0.15, 0.2) is 5.82 Å². The third-order valence-electron chi connectivity index (χ3n) is 4.90. The van der Waals surface area contributed by atoms with Gasteiger partial charge in [-0.15, -0.1) is 5.10 Å². The van der Waals surface area contributed by atoms with Gasteiger partial charge in [0.2, 0.25) is 0 Å². The molecule has 4 rings (SSSR count). The number of anilines is 1. The summed E-state index contributed by atoms with van der Waals surface area (Å²) in [6.07, 6.45) is -0.364. The fourth-order valence-corrected chi connectivity index (χ4v) is 3.42. The number of carbonyl (C=O) groups excluding carboxylic acids is 2. The Morgan fingerprint density at radius 3 is 2.89 bits per heavy atom. The minimum absolute atomic E-state index is 0.0979. The average molecular weight is 371 g/mol. The van der Waals surface area contributed by atoms with E-state index in [0.717, 1.165) is 11.3 Å². The van der Waals surface area contributed by atoms with Crippen LogP contribution in [-0.2, 0) is 11.8 Å². The molecule has 3 amide bonds. The molecular weight excluding hydrogens is 350 g/mol. The van der Waals surface area contributed by atoms with E-state index in [0.29, 0.717) is 44.2 Å². The number of nitrogens with one attached hydrogen (secondary N) is 1. The summed E-state index contributed by atoms with van der Waals surface area (Å²) >= 11 is 0. The average Bonchev–Trinajstić information content (AvgIpc) is 3.30. The molecule has 1 unspecified atom stereocenters. The van der Waals surface area contributed by atoms with Crippen molar-refractivity contribution in [3.8, 4) is 0 Å². The molecule has 10 heteroatoms. The summed E-state index contributed by atoms with van der Waals surface area (Å²) in [6, 6.07) is 5.32. The van der Waals surface area contributed by atoms with Crippen LogP contribution in [0.15, 0.2) is 18.2 Å². The van der Waals surface area contributed by atoms with Crippen LogP contribution in [-0.4, -0.2) is 69.8 Å². The molecule has 142 valence electrons. The van der Waals surface area contributed by atoms with Gasteiger partial charge in [0.1, 0.15) is 6.10 Å². The molecule has 2 aromatic rings. The normalized spacial score (nSPS) is 20.1. The van der Waals surface area contributed by atoms with E-state index in [2.05, 4.69) is 20.8 Å². The maximum atomic E-state index is 13.1. The Kier molecular flexibility index (Phi) is 4.48. The molecule has 1 N–H and O–H groups in total. The second-order valence-electron chi connectivity index (χ2n) is 6.66. The maximum Gasteiger partial charge on any atom is 0.322 e. The summed E-state index contributed by atoms with van der Waals surface area (Å²) in [4.78, 5) is 28.5. The van der Waals surface area contributed by atoms with E-state index in [1.165, 1.54) is 0 Å². The third-order valence-corrected chi connectivity index (χ3v) is 4.90. The largest absolute Gasteiger partial charge is 0.366 e. The topological polar surface area (TPSA) is 105 Å². The molecule has 3 heterocycles. The Morgan fingerprint density at radius 1 is 1.33 bits per heavy atom. The lowest BCUT2D eigenvalue weighted by molar-refractivity contribution is -0.0284. The number of morpholine rings is 1. The van der Waals surface area contributed by atoms with Gasteiger partial charge in [-0.1, -0.05) is 6.07 Å². The van der Waals surface area contributed by atoms with Crippen LogP contribution in [0.25, 0.3) is 0 Å². The zero-order valence-electron chi connectivity index (χ0n) is 15.3. The van der Waals surface area contributed by atoms with Crippen LogP contribution in [0.4, 0.5) is 10.5 Å². The number of aryl methyl sites for hydroxylation is 2. The summed E-state index contributed by atoms with van der Waals surface area (Å²) in [5.41, 5.74) is 2.26. The number of hydrogen-bond acceptors (Lipinski definition) is 6. The van der Waals surface area contributed by atoms with E-state index in [1.54, 1.807) is 33.7 Å². The van der Waals surface area contributed by atoms with Crippen LogP contribution in [0.1, 0.15) is 27.8 Å². The fraction of sp³-hybridized carbons (Fsp3) is 0.471. The lowest BCUT2D eigenvalue weighted by Gasteiger charge is -2.32. The Morgan fingerprint density at radius 2 is 2.19 bits per heavy atom. The van der Waals surface area contributed by atoms with Crippen molar-refractivity contribution in [2.75, 3.05) is 37.7 Å². The van der Waals surface area contributed by atoms with Crippen LogP contribution in [0.5, 0.6) is 0 Å². The number of benzene rings is 1. The summed E-state index contributed by atoms with van der Waals surface area (Å²) in [5, 5.41) is 14.2. The predicted molar refractivity (Wildman–Crippen MR) is 95.3 cm³/mol. The number of nitrogens with zero attached hydrogens (tertiary/aromatic N) is 6. The molecule has 1 aromatic heterocycles. The number of urea groups is 1. The van der Waals surface area contributed by atoms with Crippen molar-refractivity contribution in [2.24, 2.45) is 7.05 Å². The maximum absolute atomic E-state index is 13.1. The summed E-state index contributed by atoms with van der Waals surface area (Å²) in [5.74, 6) is 0.491. The van der Waals surface area contributed by atoms with Gasteiger partial charge < -0.3 is 15.0 Å². The monoisotopic (exact) mass is 371 g/mol. The Labute approximate surface area is 156 Å². The quantitative estimate of drug-likeness (QED) is 0.830. The van der Waals surface area contributed by atoms with Crippen LogP contribution < -0.4 is 10.2 Å². The Hall–Kier alpha value is -3.01. The number of amides is 3. The van der Waals surface area contributed by atoms with Crippen molar-refractivity contribution in [1.82, 2.24) is 30.4 Å². The lowest BCUT2D eigenvalue weighted by Crippen LogP contribution is -2.43. The molecule has 0 bridgehead atoms. The van der Waals surface area contributed by atoms with E-state index in [1.807, 2.05) is 13.0 Å². The molecule has 27 heavy (non-hydrogen) atoms. The number of aromatic nitrogens is 4. The minimum Gasteiger partial charge on any atom is -0.366 e. The highest BCUT2D eigenvalue weighted by Gasteiger charge is 2.30. The van der Waals surface area contributed by atoms with Gasteiger partial charge in [-0.25, -0.2) is 9.48 Å². The Bertz CT molecular complexity index is 881. The number of hydrogen-bond donors (Lipinski definition) is 1. The van der Waals surface area contributed by atoms with E-state index < -0.39 is 0 Å². The summed E-state index contributed by atoms with van der Waals surface area (Å²) in [7, 11) is 1.74. The van der Waals surface area contributed by atoms with Crippen LogP contribution in [0.2, 0.25) is 0 Å². The van der Waals surface area contributed by atoms with Crippen molar-refractivity contribution in [2.45, 2.75) is 13.0 Å². The van der Waals surface area contributed by atoms with E-state index >= 15 is 0 Å². The first-order chi connectivity index (χ1) is 13.0. The zero-order chi connectivity index (χ0) is 19.0. The highest BCUT2D eigenvalue weighted by atomic mass is 16.5. The van der Waals surface area contributed by atoms with Gasteiger partial charge >= 0.3 is 6.03 Å². The minimum atomic E-state index is -0.364. The van der Waals surface area contributed by atoms with Crippen LogP contribution >= 0.6 is 0 Å².